The van der Waals surface area contributed by atoms with Gasteiger partial charge in [-0.05, 0) is 77.4 Å². The van der Waals surface area contributed by atoms with Gasteiger partial charge in [-0.25, -0.2) is 9.59 Å². The summed E-state index contributed by atoms with van der Waals surface area (Å²) in [5.74, 6) is 0.974. The minimum absolute atomic E-state index is 0.0239. The van der Waals surface area contributed by atoms with Crippen LogP contribution in [0.4, 0.5) is 10.5 Å². The summed E-state index contributed by atoms with van der Waals surface area (Å²) >= 11 is 2.09. The summed E-state index contributed by atoms with van der Waals surface area (Å²) in [4.78, 5) is 35.2. The number of nitro benzene ring substituents is 1. The SMILES string of the molecule is CCOc1cc([C@H]2NC(=O)NC(C)=C2C(=O)OC)ccc1OC[C@H](O)N/N=C\c1cc(I)c(OCc2cccc([N+](=O)[O-])c2)c(OC)c1. The Morgan fingerprint density at radius 2 is 1.92 bits per heavy atom. The molecule has 3 aromatic rings. The molecule has 0 fully saturated rings. The number of benzene rings is 3. The second-order valence-electron chi connectivity index (χ2n) is 10.2. The molecule has 1 heterocycles. The van der Waals surface area contributed by atoms with E-state index in [9.17, 15) is 24.8 Å². The molecule has 0 aromatic heterocycles. The maximum Gasteiger partial charge on any atom is 0.337 e. The number of rotatable bonds is 15. The van der Waals surface area contributed by atoms with E-state index in [1.807, 2.05) is 0 Å². The van der Waals surface area contributed by atoms with Gasteiger partial charge in [0.05, 0.1) is 47.1 Å². The number of nitrogens with zero attached hydrogens (tertiary/aromatic N) is 2. The zero-order valence-corrected chi connectivity index (χ0v) is 28.6. The molecule has 48 heavy (non-hydrogen) atoms. The molecule has 15 nitrogen and oxygen atoms in total. The number of hydrogen-bond donors (Lipinski definition) is 4. The fourth-order valence-electron chi connectivity index (χ4n) is 4.69. The fourth-order valence-corrected chi connectivity index (χ4v) is 5.47. The summed E-state index contributed by atoms with van der Waals surface area (Å²) in [7, 11) is 2.76. The van der Waals surface area contributed by atoms with Crippen molar-refractivity contribution in [2.45, 2.75) is 32.7 Å². The van der Waals surface area contributed by atoms with Gasteiger partial charge < -0.3 is 39.4 Å². The quantitative estimate of drug-likeness (QED) is 0.0430. The summed E-state index contributed by atoms with van der Waals surface area (Å²) < 4.78 is 28.6. The molecule has 0 unspecified atom stereocenters. The van der Waals surface area contributed by atoms with Crippen LogP contribution in [0, 0.1) is 13.7 Å². The lowest BCUT2D eigenvalue weighted by molar-refractivity contribution is -0.384. The predicted octanol–water partition coefficient (Wildman–Crippen LogP) is 4.31. The summed E-state index contributed by atoms with van der Waals surface area (Å²) in [5.41, 5.74) is 5.05. The standard InChI is InChI=1S/C32H34IN5O10/c1-5-46-25-14-21(29-28(31(40)45-4)18(2)35-32(41)36-29)9-10-24(25)47-17-27(39)37-34-15-20-12-23(33)30(26(13-20)44-3)48-16-19-7-6-8-22(11-19)38(42)43/h6-15,27,29,37,39H,5,16-17H2,1-4H3,(H2,35,36,41)/b34-15-/t27-,29+/m0/s1. The van der Waals surface area contributed by atoms with Crippen molar-refractivity contribution in [3.05, 3.63) is 96.2 Å². The van der Waals surface area contributed by atoms with E-state index < -0.39 is 29.2 Å². The number of methoxy groups -OCH3 is 2. The van der Waals surface area contributed by atoms with Gasteiger partial charge in [-0.3, -0.25) is 15.5 Å². The van der Waals surface area contributed by atoms with Crippen molar-refractivity contribution in [3.63, 3.8) is 0 Å². The Kier molecular flexibility index (Phi) is 12.4. The number of hydrogen-bond acceptors (Lipinski definition) is 12. The molecule has 0 spiro atoms. The highest BCUT2D eigenvalue weighted by molar-refractivity contribution is 14.1. The number of allylic oxidation sites excluding steroid dienone is 1. The van der Waals surface area contributed by atoms with Crippen molar-refractivity contribution in [1.29, 1.82) is 0 Å². The summed E-state index contributed by atoms with van der Waals surface area (Å²) in [6.07, 6.45) is 0.287. The Labute approximate surface area is 289 Å². The average molecular weight is 776 g/mol. The second kappa shape index (κ2) is 16.6. The highest BCUT2D eigenvalue weighted by Crippen LogP contribution is 2.36. The van der Waals surface area contributed by atoms with Gasteiger partial charge in [0, 0.05) is 17.8 Å². The molecule has 1 aliphatic heterocycles. The van der Waals surface area contributed by atoms with Gasteiger partial charge >= 0.3 is 12.0 Å². The summed E-state index contributed by atoms with van der Waals surface area (Å²) in [6.45, 7) is 3.62. The lowest BCUT2D eigenvalue weighted by atomic mass is 9.95. The van der Waals surface area contributed by atoms with Crippen molar-refractivity contribution in [3.8, 4) is 23.0 Å². The molecule has 16 heteroatoms. The van der Waals surface area contributed by atoms with Gasteiger partial charge in [0.25, 0.3) is 5.69 Å². The smallest absolute Gasteiger partial charge is 0.337 e. The van der Waals surface area contributed by atoms with Crippen LogP contribution in [0.25, 0.3) is 0 Å². The summed E-state index contributed by atoms with van der Waals surface area (Å²) in [5, 5.41) is 31.0. The first-order chi connectivity index (χ1) is 23.0. The van der Waals surface area contributed by atoms with E-state index >= 15 is 0 Å². The van der Waals surface area contributed by atoms with E-state index in [4.69, 9.17) is 23.7 Å². The number of aliphatic hydroxyl groups is 1. The third-order valence-corrected chi connectivity index (χ3v) is 7.67. The lowest BCUT2D eigenvalue weighted by Crippen LogP contribution is -2.45. The molecule has 2 atom stereocenters. The minimum atomic E-state index is -1.20. The van der Waals surface area contributed by atoms with Gasteiger partial charge in [0.2, 0.25) is 0 Å². The van der Waals surface area contributed by atoms with Gasteiger partial charge in [-0.15, -0.1) is 0 Å². The fraction of sp³-hybridized carbons (Fsp3) is 0.281. The number of non-ortho nitro benzene ring substituents is 1. The molecule has 3 aromatic carbocycles. The van der Waals surface area contributed by atoms with Crippen molar-refractivity contribution in [1.82, 2.24) is 16.1 Å². The van der Waals surface area contributed by atoms with Gasteiger partial charge in [-0.2, -0.15) is 5.10 Å². The Bertz CT molecular complexity index is 1730. The molecule has 1 aliphatic rings. The molecular weight excluding hydrogens is 741 g/mol. The number of aliphatic hydroxyl groups excluding tert-OH is 1. The van der Waals surface area contributed by atoms with Crippen molar-refractivity contribution in [2.24, 2.45) is 5.10 Å². The van der Waals surface area contributed by atoms with E-state index in [0.29, 0.717) is 55.6 Å². The Balaban J connectivity index is 1.39. The molecule has 0 saturated carbocycles. The molecule has 0 saturated heterocycles. The Morgan fingerprint density at radius 1 is 1.12 bits per heavy atom. The second-order valence-corrected chi connectivity index (χ2v) is 11.3. The van der Waals surface area contributed by atoms with E-state index in [-0.39, 0.29) is 24.5 Å². The molecule has 4 rings (SSSR count). The number of carbonyl (C=O) groups is 2. The van der Waals surface area contributed by atoms with Crippen LogP contribution in [0.2, 0.25) is 0 Å². The molecule has 2 amide bonds. The highest BCUT2D eigenvalue weighted by Gasteiger charge is 2.32. The lowest BCUT2D eigenvalue weighted by Gasteiger charge is -2.28. The number of carbonyl (C=O) groups excluding carboxylic acids is 2. The third-order valence-electron chi connectivity index (χ3n) is 6.87. The van der Waals surface area contributed by atoms with Crippen LogP contribution in [0.1, 0.15) is 36.6 Å². The zero-order chi connectivity index (χ0) is 34.8. The van der Waals surface area contributed by atoms with Crippen LogP contribution in [0.15, 0.2) is 71.0 Å². The van der Waals surface area contributed by atoms with Crippen molar-refractivity contribution in [2.75, 3.05) is 27.4 Å². The largest absolute Gasteiger partial charge is 0.493 e. The zero-order valence-electron chi connectivity index (χ0n) is 26.4. The Hall–Kier alpha value is -5.10. The van der Waals surface area contributed by atoms with Crippen LogP contribution >= 0.6 is 22.6 Å². The molecule has 254 valence electrons. The maximum atomic E-state index is 12.5. The Morgan fingerprint density at radius 3 is 2.62 bits per heavy atom. The molecule has 0 aliphatic carbocycles. The summed E-state index contributed by atoms with van der Waals surface area (Å²) in [6, 6.07) is 13.4. The van der Waals surface area contributed by atoms with Crippen LogP contribution in [0.5, 0.6) is 23.0 Å². The van der Waals surface area contributed by atoms with Gasteiger partial charge in [0.1, 0.15) is 13.2 Å². The van der Waals surface area contributed by atoms with Crippen molar-refractivity contribution >= 4 is 46.5 Å². The van der Waals surface area contributed by atoms with Crippen LogP contribution in [-0.4, -0.2) is 61.9 Å². The van der Waals surface area contributed by atoms with Crippen molar-refractivity contribution < 1.29 is 43.3 Å². The molecule has 0 radical (unpaired) electrons. The molecule has 0 bridgehead atoms. The highest BCUT2D eigenvalue weighted by atomic mass is 127. The predicted molar refractivity (Wildman–Crippen MR) is 182 cm³/mol. The van der Waals surface area contributed by atoms with Gasteiger partial charge in [-0.1, -0.05) is 18.2 Å². The first-order valence-electron chi connectivity index (χ1n) is 14.5. The van der Waals surface area contributed by atoms with E-state index in [1.54, 1.807) is 56.3 Å². The van der Waals surface area contributed by atoms with E-state index in [0.717, 1.165) is 0 Å². The minimum Gasteiger partial charge on any atom is -0.493 e. The number of urea groups is 1. The van der Waals surface area contributed by atoms with E-state index in [2.05, 4.69) is 43.8 Å². The topological polar surface area (TPSA) is 192 Å². The number of amides is 2. The van der Waals surface area contributed by atoms with Gasteiger partial charge in [0.15, 0.2) is 29.2 Å². The number of nitrogens with one attached hydrogen (secondary N) is 3. The first kappa shape index (κ1) is 35.7. The maximum absolute atomic E-state index is 12.5. The molecule has 4 N–H and O–H groups in total. The monoisotopic (exact) mass is 775 g/mol. The molecular formula is C32H34IN5O10. The number of hydrazone groups is 1. The van der Waals surface area contributed by atoms with Crippen LogP contribution in [-0.2, 0) is 16.1 Å². The van der Waals surface area contributed by atoms with Crippen LogP contribution in [0.3, 0.4) is 0 Å². The number of nitro groups is 1. The number of esters is 1. The third kappa shape index (κ3) is 9.03. The van der Waals surface area contributed by atoms with E-state index in [1.165, 1.54) is 32.6 Å². The van der Waals surface area contributed by atoms with Crippen LogP contribution < -0.4 is 35.0 Å². The number of halogens is 1. The average Bonchev–Trinajstić information content (AvgIpc) is 3.06. The first-order valence-corrected chi connectivity index (χ1v) is 15.6. The number of ether oxygens (including phenoxy) is 5. The normalized spacial score (nSPS) is 14.9.